The number of aryl methyl sites for hydroxylation is 2. The maximum absolute atomic E-state index is 13.6. The minimum absolute atomic E-state index is 0.124. The minimum atomic E-state index is -0.124. The van der Waals surface area contributed by atoms with Crippen LogP contribution in [-0.2, 0) is 26.1 Å². The maximum atomic E-state index is 13.6. The Morgan fingerprint density at radius 1 is 1.05 bits per heavy atom. The monoisotopic (exact) mass is 498 g/mol. The molecule has 5 aromatic rings. The number of hydrogen-bond donors (Lipinski definition) is 2. The van der Waals surface area contributed by atoms with Crippen LogP contribution in [0.5, 0.6) is 0 Å². The summed E-state index contributed by atoms with van der Waals surface area (Å²) in [4.78, 5) is 18.3. The Bertz CT molecular complexity index is 1510. The molecule has 190 valence electrons. The van der Waals surface area contributed by atoms with E-state index >= 15 is 0 Å². The number of rotatable bonds is 10. The molecule has 0 aliphatic carbocycles. The quantitative estimate of drug-likeness (QED) is 0.304. The highest BCUT2D eigenvalue weighted by Crippen LogP contribution is 2.28. The summed E-state index contributed by atoms with van der Waals surface area (Å²) in [6.45, 7) is 5.15. The van der Waals surface area contributed by atoms with Gasteiger partial charge in [-0.15, -0.1) is 10.2 Å². The van der Waals surface area contributed by atoms with Crippen LogP contribution < -0.4 is 5.69 Å². The van der Waals surface area contributed by atoms with Crippen molar-refractivity contribution >= 4 is 0 Å². The summed E-state index contributed by atoms with van der Waals surface area (Å²) in [7, 11) is 0. The second kappa shape index (κ2) is 10.8. The number of H-pyrrole nitrogens is 1. The van der Waals surface area contributed by atoms with E-state index in [4.69, 9.17) is 4.98 Å². The lowest BCUT2D eigenvalue weighted by Gasteiger charge is -2.10. The number of benzene rings is 1. The van der Waals surface area contributed by atoms with Crippen LogP contribution in [0.15, 0.2) is 65.8 Å². The molecule has 0 atom stereocenters. The Morgan fingerprint density at radius 2 is 1.89 bits per heavy atom. The predicted molar refractivity (Wildman–Crippen MR) is 140 cm³/mol. The van der Waals surface area contributed by atoms with Crippen LogP contribution in [0.4, 0.5) is 0 Å². The molecule has 10 nitrogen and oxygen atoms in total. The van der Waals surface area contributed by atoms with E-state index in [1.807, 2.05) is 77.1 Å². The van der Waals surface area contributed by atoms with Gasteiger partial charge in [0.15, 0.2) is 0 Å². The summed E-state index contributed by atoms with van der Waals surface area (Å²) in [5, 5.41) is 24.2. The summed E-state index contributed by atoms with van der Waals surface area (Å²) in [5.41, 5.74) is 5.02. The third-order valence-electron chi connectivity index (χ3n) is 6.56. The van der Waals surface area contributed by atoms with Crippen LogP contribution >= 0.6 is 0 Å². The normalized spacial score (nSPS) is 11.3. The third-order valence-corrected chi connectivity index (χ3v) is 6.56. The maximum Gasteiger partial charge on any atom is 0.334 e. The molecule has 0 saturated heterocycles. The topological polar surface area (TPSA) is 119 Å². The first-order valence-corrected chi connectivity index (χ1v) is 12.5. The first-order valence-electron chi connectivity index (χ1n) is 12.5. The van der Waals surface area contributed by atoms with Crippen molar-refractivity contribution in [2.45, 2.75) is 52.8 Å². The van der Waals surface area contributed by atoms with Crippen LogP contribution in [0.25, 0.3) is 28.5 Å². The van der Waals surface area contributed by atoms with Crippen LogP contribution in [0, 0.1) is 0 Å². The molecule has 0 aliphatic heterocycles. The number of unbranched alkanes of at least 4 members (excludes halogenated alkanes) is 1. The highest BCUT2D eigenvalue weighted by Gasteiger charge is 2.18. The van der Waals surface area contributed by atoms with Gasteiger partial charge in [0.05, 0.1) is 18.8 Å². The van der Waals surface area contributed by atoms with Crippen molar-refractivity contribution in [2.24, 2.45) is 0 Å². The molecule has 37 heavy (non-hydrogen) atoms. The van der Waals surface area contributed by atoms with Gasteiger partial charge in [0.1, 0.15) is 5.82 Å². The molecule has 2 N–H and O–H groups in total. The Kier molecular flexibility index (Phi) is 7.09. The molecule has 0 amide bonds. The van der Waals surface area contributed by atoms with Crippen LogP contribution in [0.1, 0.15) is 43.5 Å². The van der Waals surface area contributed by atoms with Gasteiger partial charge in [0.25, 0.3) is 0 Å². The molecule has 0 unspecified atom stereocenters. The number of aliphatic hydroxyl groups is 1. The minimum Gasteiger partial charge on any atom is -0.392 e. The molecule has 4 heterocycles. The summed E-state index contributed by atoms with van der Waals surface area (Å²) in [6.07, 6.45) is 8.44. The average Bonchev–Trinajstić information content (AvgIpc) is 3.68. The van der Waals surface area contributed by atoms with Gasteiger partial charge in [-0.3, -0.25) is 14.1 Å². The van der Waals surface area contributed by atoms with Gasteiger partial charge < -0.3 is 9.67 Å². The van der Waals surface area contributed by atoms with E-state index in [9.17, 15) is 9.90 Å². The second-order valence-electron chi connectivity index (χ2n) is 8.90. The zero-order valence-electron chi connectivity index (χ0n) is 21.0. The highest BCUT2D eigenvalue weighted by molar-refractivity contribution is 5.78. The first kappa shape index (κ1) is 24.4. The number of hydrogen-bond acceptors (Lipinski definition) is 6. The van der Waals surface area contributed by atoms with Crippen molar-refractivity contribution in [3.05, 3.63) is 88.4 Å². The standard InChI is InChI=1S/C27H30N8O2/c1-3-5-8-21-17-35(26-20(18-36)13-14-33(26)4-2)27(37)34(21)16-19-11-12-24(28-15-19)22-9-6-7-10-23(22)25-29-31-32-30-25/h6-7,9-15,17,36H,3-5,8,16,18H2,1-2H3,(H,29,30,31,32). The zero-order chi connectivity index (χ0) is 25.8. The lowest BCUT2D eigenvalue weighted by Crippen LogP contribution is -2.26. The van der Waals surface area contributed by atoms with Gasteiger partial charge in [0, 0.05) is 47.5 Å². The Labute approximate surface area is 214 Å². The van der Waals surface area contributed by atoms with Crippen molar-refractivity contribution in [2.75, 3.05) is 0 Å². The van der Waals surface area contributed by atoms with Gasteiger partial charge in [0.2, 0.25) is 5.82 Å². The molecular formula is C27H30N8O2. The van der Waals surface area contributed by atoms with Crippen LogP contribution in [-0.4, -0.2) is 44.4 Å². The second-order valence-corrected chi connectivity index (χ2v) is 8.90. The van der Waals surface area contributed by atoms with E-state index < -0.39 is 0 Å². The largest absolute Gasteiger partial charge is 0.392 e. The SMILES string of the molecule is CCCCc1cn(-c2c(CO)ccn2CC)c(=O)n1Cc1ccc(-c2ccccc2-c2nn[nH]n2)nc1. The third kappa shape index (κ3) is 4.75. The number of nitrogens with zero attached hydrogens (tertiary/aromatic N) is 7. The van der Waals surface area contributed by atoms with Gasteiger partial charge in [-0.05, 0) is 42.7 Å². The number of imidazole rings is 1. The highest BCUT2D eigenvalue weighted by atomic mass is 16.3. The number of aromatic nitrogens is 8. The zero-order valence-corrected chi connectivity index (χ0v) is 21.0. The van der Waals surface area contributed by atoms with Crippen molar-refractivity contribution < 1.29 is 5.11 Å². The Balaban J connectivity index is 1.49. The van der Waals surface area contributed by atoms with E-state index in [2.05, 4.69) is 27.5 Å². The van der Waals surface area contributed by atoms with Gasteiger partial charge in [-0.25, -0.2) is 4.79 Å². The number of aromatic amines is 1. The lowest BCUT2D eigenvalue weighted by molar-refractivity contribution is 0.281. The smallest absolute Gasteiger partial charge is 0.334 e. The van der Waals surface area contributed by atoms with Crippen molar-refractivity contribution in [3.63, 3.8) is 0 Å². The van der Waals surface area contributed by atoms with Crippen LogP contribution in [0.2, 0.25) is 0 Å². The molecule has 0 radical (unpaired) electrons. The number of pyridine rings is 1. The average molecular weight is 499 g/mol. The van der Waals surface area contributed by atoms with E-state index in [1.54, 1.807) is 4.57 Å². The Hall–Kier alpha value is -4.31. The molecular weight excluding hydrogens is 468 g/mol. The van der Waals surface area contributed by atoms with Crippen molar-refractivity contribution in [3.8, 4) is 28.5 Å². The summed E-state index contributed by atoms with van der Waals surface area (Å²) in [6, 6.07) is 13.6. The Morgan fingerprint density at radius 3 is 2.57 bits per heavy atom. The van der Waals surface area contributed by atoms with Gasteiger partial charge in [-0.1, -0.05) is 43.7 Å². The molecule has 4 aromatic heterocycles. The molecule has 0 bridgehead atoms. The molecule has 10 heteroatoms. The fourth-order valence-electron chi connectivity index (χ4n) is 4.62. The van der Waals surface area contributed by atoms with Gasteiger partial charge >= 0.3 is 5.69 Å². The molecule has 0 spiro atoms. The molecule has 1 aromatic carbocycles. The molecule has 0 aliphatic rings. The predicted octanol–water partition coefficient (Wildman–Crippen LogP) is 3.59. The number of nitrogens with one attached hydrogen (secondary N) is 1. The van der Waals surface area contributed by atoms with Gasteiger partial charge in [-0.2, -0.15) is 5.21 Å². The number of tetrazole rings is 1. The van der Waals surface area contributed by atoms with Crippen molar-refractivity contribution in [1.29, 1.82) is 0 Å². The fraction of sp³-hybridized carbons (Fsp3) is 0.296. The summed E-state index contributed by atoms with van der Waals surface area (Å²) in [5.74, 6) is 1.23. The number of aliphatic hydroxyl groups excluding tert-OH is 1. The van der Waals surface area contributed by atoms with E-state index in [1.165, 1.54) is 0 Å². The van der Waals surface area contributed by atoms with E-state index in [0.29, 0.717) is 18.9 Å². The molecule has 5 rings (SSSR count). The van der Waals surface area contributed by atoms with E-state index in [-0.39, 0.29) is 12.3 Å². The van der Waals surface area contributed by atoms with Crippen molar-refractivity contribution in [1.82, 2.24) is 39.3 Å². The lowest BCUT2D eigenvalue weighted by atomic mass is 10.0. The molecule has 0 saturated carbocycles. The molecule has 0 fully saturated rings. The summed E-state index contributed by atoms with van der Waals surface area (Å²) >= 11 is 0. The first-order chi connectivity index (χ1) is 18.1. The fourth-order valence-corrected chi connectivity index (χ4v) is 4.62. The summed E-state index contributed by atoms with van der Waals surface area (Å²) < 4.78 is 5.47. The van der Waals surface area contributed by atoms with Crippen LogP contribution in [0.3, 0.4) is 0 Å². The van der Waals surface area contributed by atoms with E-state index in [0.717, 1.165) is 58.7 Å².